The van der Waals surface area contributed by atoms with E-state index in [1.807, 2.05) is 0 Å². The third-order valence-electron chi connectivity index (χ3n) is 3.77. The zero-order valence-electron chi connectivity index (χ0n) is 17.2. The molecule has 2 rings (SSSR count). The Morgan fingerprint density at radius 1 is 1.16 bits per heavy atom. The van der Waals surface area contributed by atoms with E-state index in [1.165, 1.54) is 24.3 Å². The van der Waals surface area contributed by atoms with Gasteiger partial charge in [0.15, 0.2) is 11.6 Å². The van der Waals surface area contributed by atoms with Crippen LogP contribution in [0.25, 0.3) is 0 Å². The number of amidine groups is 1. The molecule has 2 aromatic rings. The van der Waals surface area contributed by atoms with E-state index in [9.17, 15) is 24.1 Å². The van der Waals surface area contributed by atoms with Gasteiger partial charge < -0.3 is 14.8 Å². The number of nitrogens with zero attached hydrogens (tertiary/aromatic N) is 1. The molecule has 31 heavy (non-hydrogen) atoms. The van der Waals surface area contributed by atoms with Crippen LogP contribution in [-0.2, 0) is 4.74 Å². The average molecular weight is 432 g/mol. The summed E-state index contributed by atoms with van der Waals surface area (Å²) in [5.41, 5.74) is -1.25. The second-order valence-corrected chi connectivity index (χ2v) is 7.29. The van der Waals surface area contributed by atoms with Crippen molar-refractivity contribution in [3.63, 3.8) is 0 Å². The highest BCUT2D eigenvalue weighted by molar-refractivity contribution is 6.08. The lowest BCUT2D eigenvalue weighted by Crippen LogP contribution is -2.36. The number of halogens is 1. The van der Waals surface area contributed by atoms with Crippen molar-refractivity contribution >= 4 is 29.2 Å². The topological polar surface area (TPSA) is 144 Å². The lowest BCUT2D eigenvalue weighted by molar-refractivity contribution is -0.385. The highest BCUT2D eigenvalue weighted by Crippen LogP contribution is 2.28. The Morgan fingerprint density at radius 2 is 1.77 bits per heavy atom. The van der Waals surface area contributed by atoms with Gasteiger partial charge in [-0.15, -0.1) is 0 Å². The molecular formula is C20H21FN4O6. The molecule has 0 aliphatic heterocycles. The maximum Gasteiger partial charge on any atom is 0.413 e. The summed E-state index contributed by atoms with van der Waals surface area (Å²) in [5.74, 6) is -2.40. The highest BCUT2D eigenvalue weighted by Gasteiger charge is 2.24. The molecule has 2 amide bonds. The number of methoxy groups -OCH3 is 1. The van der Waals surface area contributed by atoms with Crippen molar-refractivity contribution in [1.82, 2.24) is 5.32 Å². The number of amides is 2. The van der Waals surface area contributed by atoms with Gasteiger partial charge in [-0.05, 0) is 51.1 Å². The SMILES string of the molecule is COc1cc([N+](=O)[O-])c(C(=O)Nc2ccc(C(=N)NC(=O)OC(C)(C)C)cc2)cc1F. The van der Waals surface area contributed by atoms with Crippen LogP contribution < -0.4 is 15.4 Å². The smallest absolute Gasteiger partial charge is 0.413 e. The summed E-state index contributed by atoms with van der Waals surface area (Å²) < 4.78 is 23.7. The Bertz CT molecular complexity index is 1030. The highest BCUT2D eigenvalue weighted by atomic mass is 19.1. The number of rotatable bonds is 5. The van der Waals surface area contributed by atoms with Gasteiger partial charge in [-0.25, -0.2) is 9.18 Å². The summed E-state index contributed by atoms with van der Waals surface area (Å²) in [5, 5.41) is 23.9. The Labute approximate surface area is 177 Å². The molecule has 0 saturated carbocycles. The molecule has 0 bridgehead atoms. The third kappa shape index (κ3) is 6.23. The number of anilines is 1. The first-order valence-electron chi connectivity index (χ1n) is 8.93. The molecule has 10 nitrogen and oxygen atoms in total. The van der Waals surface area contributed by atoms with Crippen molar-refractivity contribution < 1.29 is 28.4 Å². The van der Waals surface area contributed by atoms with E-state index in [0.717, 1.165) is 19.2 Å². The number of alkyl carbamates (subject to hydrolysis) is 1. The van der Waals surface area contributed by atoms with Gasteiger partial charge in [-0.3, -0.25) is 25.6 Å². The number of hydrogen-bond acceptors (Lipinski definition) is 7. The van der Waals surface area contributed by atoms with Crippen LogP contribution in [0.4, 0.5) is 20.6 Å². The van der Waals surface area contributed by atoms with Gasteiger partial charge in [0.2, 0.25) is 0 Å². The van der Waals surface area contributed by atoms with Crippen molar-refractivity contribution in [2.75, 3.05) is 12.4 Å². The van der Waals surface area contributed by atoms with Crippen molar-refractivity contribution in [2.24, 2.45) is 0 Å². The fourth-order valence-corrected chi connectivity index (χ4v) is 2.43. The molecular weight excluding hydrogens is 411 g/mol. The van der Waals surface area contributed by atoms with Gasteiger partial charge in [0.05, 0.1) is 18.1 Å². The molecule has 0 fully saturated rings. The largest absolute Gasteiger partial charge is 0.493 e. The zero-order valence-corrected chi connectivity index (χ0v) is 17.2. The first kappa shape index (κ1) is 23.3. The second kappa shape index (κ2) is 9.20. The lowest BCUT2D eigenvalue weighted by atomic mass is 10.1. The summed E-state index contributed by atoms with van der Waals surface area (Å²) in [6.07, 6.45) is -0.788. The van der Waals surface area contributed by atoms with Gasteiger partial charge in [0, 0.05) is 11.3 Å². The van der Waals surface area contributed by atoms with Crippen LogP contribution in [0, 0.1) is 21.3 Å². The maximum atomic E-state index is 13.9. The summed E-state index contributed by atoms with van der Waals surface area (Å²) in [6.45, 7) is 5.06. The van der Waals surface area contributed by atoms with Gasteiger partial charge >= 0.3 is 6.09 Å². The van der Waals surface area contributed by atoms with E-state index < -0.39 is 39.6 Å². The molecule has 0 unspecified atom stereocenters. The van der Waals surface area contributed by atoms with Crippen molar-refractivity contribution in [2.45, 2.75) is 26.4 Å². The Balaban J connectivity index is 2.14. The van der Waals surface area contributed by atoms with Crippen molar-refractivity contribution in [3.8, 4) is 5.75 Å². The molecule has 3 N–H and O–H groups in total. The van der Waals surface area contributed by atoms with Crippen molar-refractivity contribution in [3.05, 3.63) is 63.5 Å². The van der Waals surface area contributed by atoms with Crippen LogP contribution in [0.2, 0.25) is 0 Å². The first-order valence-corrected chi connectivity index (χ1v) is 8.93. The number of nitrogens with one attached hydrogen (secondary N) is 3. The molecule has 11 heteroatoms. The maximum absolute atomic E-state index is 13.9. The molecule has 0 aliphatic rings. The van der Waals surface area contributed by atoms with E-state index in [-0.39, 0.29) is 17.3 Å². The van der Waals surface area contributed by atoms with Crippen LogP contribution in [0.15, 0.2) is 36.4 Å². The third-order valence-corrected chi connectivity index (χ3v) is 3.77. The lowest BCUT2D eigenvalue weighted by Gasteiger charge is -2.19. The van der Waals surface area contributed by atoms with Gasteiger partial charge in [0.1, 0.15) is 17.0 Å². The normalized spacial score (nSPS) is 10.7. The number of carbonyl (C=O) groups excluding carboxylic acids is 2. The van der Waals surface area contributed by atoms with Crippen LogP contribution in [0.1, 0.15) is 36.7 Å². The number of carbonyl (C=O) groups is 2. The van der Waals surface area contributed by atoms with Gasteiger partial charge in [-0.1, -0.05) is 0 Å². The number of ether oxygens (including phenoxy) is 2. The molecule has 0 atom stereocenters. The predicted octanol–water partition coefficient (Wildman–Crippen LogP) is 3.84. The molecule has 0 aromatic heterocycles. The van der Waals surface area contributed by atoms with E-state index in [4.69, 9.17) is 14.9 Å². The fraction of sp³-hybridized carbons (Fsp3) is 0.250. The van der Waals surface area contributed by atoms with Crippen LogP contribution in [0.5, 0.6) is 5.75 Å². The molecule has 164 valence electrons. The monoisotopic (exact) mass is 432 g/mol. The van der Waals surface area contributed by atoms with E-state index >= 15 is 0 Å². The molecule has 0 heterocycles. The minimum absolute atomic E-state index is 0.222. The summed E-state index contributed by atoms with van der Waals surface area (Å²) in [4.78, 5) is 34.6. The quantitative estimate of drug-likeness (QED) is 0.283. The van der Waals surface area contributed by atoms with Gasteiger partial charge in [-0.2, -0.15) is 0 Å². The predicted molar refractivity (Wildman–Crippen MR) is 110 cm³/mol. The molecule has 0 saturated heterocycles. The number of nitro groups is 1. The average Bonchev–Trinajstić information content (AvgIpc) is 2.66. The Hall–Kier alpha value is -4.02. The summed E-state index contributed by atoms with van der Waals surface area (Å²) >= 11 is 0. The standard InChI is InChI=1S/C20H21FN4O6/c1-20(2,3)31-19(27)24-17(22)11-5-7-12(8-6-11)23-18(26)13-9-14(21)16(30-4)10-15(13)25(28)29/h5-10H,1-4H3,(H,23,26)(H2,22,24,27). The van der Waals surface area contributed by atoms with Crippen LogP contribution in [0.3, 0.4) is 0 Å². The minimum atomic E-state index is -0.921. The van der Waals surface area contributed by atoms with Crippen LogP contribution in [-0.4, -0.2) is 35.5 Å². The summed E-state index contributed by atoms with van der Waals surface area (Å²) in [7, 11) is 1.15. The van der Waals surface area contributed by atoms with Gasteiger partial charge in [0.25, 0.3) is 11.6 Å². The fourth-order valence-electron chi connectivity index (χ4n) is 2.43. The van der Waals surface area contributed by atoms with E-state index in [2.05, 4.69) is 10.6 Å². The molecule has 0 aliphatic carbocycles. The minimum Gasteiger partial charge on any atom is -0.493 e. The van der Waals surface area contributed by atoms with E-state index in [0.29, 0.717) is 5.56 Å². The number of benzene rings is 2. The van der Waals surface area contributed by atoms with Crippen molar-refractivity contribution in [1.29, 1.82) is 5.41 Å². The molecule has 2 aromatic carbocycles. The number of hydrogen-bond donors (Lipinski definition) is 3. The molecule has 0 spiro atoms. The van der Waals surface area contributed by atoms with Crippen LogP contribution >= 0.6 is 0 Å². The Kier molecular flexibility index (Phi) is 6.90. The summed E-state index contributed by atoms with van der Waals surface area (Å²) in [6, 6.07) is 7.28. The second-order valence-electron chi connectivity index (χ2n) is 7.29. The zero-order chi connectivity index (χ0) is 23.3. The van der Waals surface area contributed by atoms with E-state index in [1.54, 1.807) is 20.8 Å². The number of nitro benzene ring substituents is 1. The Morgan fingerprint density at radius 3 is 2.29 bits per heavy atom. The first-order chi connectivity index (χ1) is 14.4. The molecule has 0 radical (unpaired) electrons.